The van der Waals surface area contributed by atoms with Crippen LogP contribution in [0.15, 0.2) is 11.5 Å². The van der Waals surface area contributed by atoms with Gasteiger partial charge in [-0.3, -0.25) is 0 Å². The first-order chi connectivity index (χ1) is 8.16. The molecule has 1 aromatic heterocycles. The Morgan fingerprint density at radius 2 is 2.29 bits per heavy atom. The average molecular weight is 254 g/mol. The number of carboxylic acids is 1. The number of aromatic nitrogens is 1. The third-order valence-electron chi connectivity index (χ3n) is 2.76. The van der Waals surface area contributed by atoms with E-state index in [0.29, 0.717) is 24.0 Å². The monoisotopic (exact) mass is 254 g/mol. The zero-order valence-corrected chi connectivity index (χ0v) is 10.1. The summed E-state index contributed by atoms with van der Waals surface area (Å²) in [7, 11) is 0. The van der Waals surface area contributed by atoms with E-state index in [1.807, 2.05) is 0 Å². The largest absolute Gasteiger partial charge is 0.478 e. The molecule has 0 spiro atoms. The van der Waals surface area contributed by atoms with Gasteiger partial charge in [-0.15, -0.1) is 11.3 Å². The lowest BCUT2D eigenvalue weighted by atomic mass is 9.89. The zero-order valence-electron chi connectivity index (χ0n) is 9.26. The molecular formula is C11H14N2O3S. The first kappa shape index (κ1) is 12.1. The van der Waals surface area contributed by atoms with E-state index in [-0.39, 0.29) is 5.92 Å². The Balaban J connectivity index is 2.27. The van der Waals surface area contributed by atoms with Crippen LogP contribution in [0.25, 0.3) is 5.57 Å². The number of nitrogen functional groups attached to an aromatic ring is 1. The van der Waals surface area contributed by atoms with E-state index in [4.69, 9.17) is 15.6 Å². The standard InChI is InChI=1S/C11H14N2O3S/c12-11-13-9(6-17-11)8(5-10(14)15)7-1-3-16-4-2-7/h5-7H,1-4H2,(H2,12,13)(H,14,15)/b8-5+. The summed E-state index contributed by atoms with van der Waals surface area (Å²) < 4.78 is 5.28. The van der Waals surface area contributed by atoms with E-state index >= 15 is 0 Å². The summed E-state index contributed by atoms with van der Waals surface area (Å²) in [6, 6.07) is 0. The number of nitrogens with two attached hydrogens (primary N) is 1. The van der Waals surface area contributed by atoms with Gasteiger partial charge in [0.2, 0.25) is 0 Å². The maximum Gasteiger partial charge on any atom is 0.328 e. The summed E-state index contributed by atoms with van der Waals surface area (Å²) in [4.78, 5) is 15.0. The quantitative estimate of drug-likeness (QED) is 0.800. The van der Waals surface area contributed by atoms with Crippen LogP contribution >= 0.6 is 11.3 Å². The molecule has 92 valence electrons. The van der Waals surface area contributed by atoms with Crippen molar-refractivity contribution < 1.29 is 14.6 Å². The number of anilines is 1. The molecule has 1 aliphatic rings. The third kappa shape index (κ3) is 3.04. The molecule has 0 unspecified atom stereocenters. The topological polar surface area (TPSA) is 85.4 Å². The highest BCUT2D eigenvalue weighted by Gasteiger charge is 2.22. The summed E-state index contributed by atoms with van der Waals surface area (Å²) in [5.74, 6) is -0.751. The Kier molecular flexibility index (Phi) is 3.75. The maximum atomic E-state index is 10.9. The molecule has 3 N–H and O–H groups in total. The Bertz CT molecular complexity index is 436. The molecule has 0 radical (unpaired) electrons. The Labute approximate surface area is 103 Å². The number of carboxylic acid groups (broad SMARTS) is 1. The van der Waals surface area contributed by atoms with Gasteiger partial charge in [0, 0.05) is 24.7 Å². The highest BCUT2D eigenvalue weighted by atomic mass is 32.1. The number of rotatable bonds is 3. The van der Waals surface area contributed by atoms with Crippen molar-refractivity contribution in [2.75, 3.05) is 18.9 Å². The Morgan fingerprint density at radius 1 is 1.59 bits per heavy atom. The molecule has 0 amide bonds. The molecule has 5 nitrogen and oxygen atoms in total. The SMILES string of the molecule is Nc1nc(/C(=C/C(=O)O)C2CCOCC2)cs1. The molecule has 2 rings (SSSR count). The summed E-state index contributed by atoms with van der Waals surface area (Å²) in [6.07, 6.45) is 2.90. The van der Waals surface area contributed by atoms with Crippen molar-refractivity contribution in [3.63, 3.8) is 0 Å². The van der Waals surface area contributed by atoms with Crippen LogP contribution in [0.2, 0.25) is 0 Å². The van der Waals surface area contributed by atoms with Crippen LogP contribution in [-0.4, -0.2) is 29.3 Å². The van der Waals surface area contributed by atoms with Crippen molar-refractivity contribution in [2.45, 2.75) is 12.8 Å². The number of carbonyl (C=O) groups is 1. The maximum absolute atomic E-state index is 10.9. The van der Waals surface area contributed by atoms with Crippen molar-refractivity contribution >= 4 is 28.0 Å². The van der Waals surface area contributed by atoms with Gasteiger partial charge in [-0.05, 0) is 24.3 Å². The van der Waals surface area contributed by atoms with Crippen LogP contribution in [0.1, 0.15) is 18.5 Å². The Morgan fingerprint density at radius 3 is 2.82 bits per heavy atom. The van der Waals surface area contributed by atoms with Gasteiger partial charge in [-0.2, -0.15) is 0 Å². The van der Waals surface area contributed by atoms with Crippen molar-refractivity contribution in [1.29, 1.82) is 0 Å². The van der Waals surface area contributed by atoms with Crippen LogP contribution in [0.3, 0.4) is 0 Å². The van der Waals surface area contributed by atoms with Crippen molar-refractivity contribution in [3.05, 3.63) is 17.2 Å². The van der Waals surface area contributed by atoms with E-state index in [1.54, 1.807) is 5.38 Å². The molecular weight excluding hydrogens is 240 g/mol. The molecule has 0 atom stereocenters. The second-order valence-corrected chi connectivity index (χ2v) is 4.79. The van der Waals surface area contributed by atoms with Crippen LogP contribution in [0.5, 0.6) is 0 Å². The van der Waals surface area contributed by atoms with E-state index < -0.39 is 5.97 Å². The van der Waals surface area contributed by atoms with Crippen molar-refractivity contribution in [3.8, 4) is 0 Å². The Hall–Kier alpha value is -1.40. The van der Waals surface area contributed by atoms with Gasteiger partial charge in [-0.25, -0.2) is 9.78 Å². The summed E-state index contributed by atoms with van der Waals surface area (Å²) in [5, 5.41) is 11.2. The van der Waals surface area contributed by atoms with Gasteiger partial charge in [-0.1, -0.05) is 0 Å². The van der Waals surface area contributed by atoms with E-state index in [1.165, 1.54) is 17.4 Å². The molecule has 1 saturated heterocycles. The summed E-state index contributed by atoms with van der Waals surface area (Å²) in [6.45, 7) is 1.34. The molecule has 0 aliphatic carbocycles. The highest BCUT2D eigenvalue weighted by molar-refractivity contribution is 7.13. The number of thiazole rings is 1. The van der Waals surface area contributed by atoms with Crippen LogP contribution in [-0.2, 0) is 9.53 Å². The zero-order chi connectivity index (χ0) is 12.3. The van der Waals surface area contributed by atoms with Crippen molar-refractivity contribution in [1.82, 2.24) is 4.98 Å². The lowest BCUT2D eigenvalue weighted by Gasteiger charge is -2.23. The third-order valence-corrected chi connectivity index (χ3v) is 3.43. The van der Waals surface area contributed by atoms with Crippen molar-refractivity contribution in [2.24, 2.45) is 5.92 Å². The summed E-state index contributed by atoms with van der Waals surface area (Å²) >= 11 is 1.33. The average Bonchev–Trinajstić information content (AvgIpc) is 2.73. The molecule has 0 bridgehead atoms. The normalized spacial score (nSPS) is 18.2. The number of ether oxygens (including phenoxy) is 1. The van der Waals surface area contributed by atoms with E-state index in [9.17, 15) is 4.79 Å². The predicted molar refractivity (Wildman–Crippen MR) is 65.7 cm³/mol. The molecule has 17 heavy (non-hydrogen) atoms. The molecule has 0 aromatic carbocycles. The van der Waals surface area contributed by atoms with E-state index in [2.05, 4.69) is 4.98 Å². The number of hydrogen-bond acceptors (Lipinski definition) is 5. The predicted octanol–water partition coefficient (Wildman–Crippen LogP) is 1.62. The number of aliphatic carboxylic acids is 1. The van der Waals surface area contributed by atoms with Gasteiger partial charge in [0.15, 0.2) is 5.13 Å². The fourth-order valence-electron chi connectivity index (χ4n) is 1.96. The second kappa shape index (κ2) is 5.29. The van der Waals surface area contributed by atoms with E-state index in [0.717, 1.165) is 18.4 Å². The lowest BCUT2D eigenvalue weighted by Crippen LogP contribution is -2.17. The first-order valence-corrected chi connectivity index (χ1v) is 6.28. The fraction of sp³-hybridized carbons (Fsp3) is 0.455. The van der Waals surface area contributed by atoms with Crippen LogP contribution in [0, 0.1) is 5.92 Å². The molecule has 1 aliphatic heterocycles. The second-order valence-electron chi connectivity index (χ2n) is 3.90. The van der Waals surface area contributed by atoms with Crippen LogP contribution in [0.4, 0.5) is 5.13 Å². The van der Waals surface area contributed by atoms with Gasteiger partial charge in [0.25, 0.3) is 0 Å². The summed E-state index contributed by atoms with van der Waals surface area (Å²) in [5.41, 5.74) is 7.03. The molecule has 1 fully saturated rings. The number of allylic oxidation sites excluding steroid dienone is 1. The number of nitrogens with zero attached hydrogens (tertiary/aromatic N) is 1. The number of hydrogen-bond donors (Lipinski definition) is 2. The van der Waals surface area contributed by atoms with Gasteiger partial charge in [0.05, 0.1) is 5.69 Å². The van der Waals surface area contributed by atoms with Crippen LogP contribution < -0.4 is 5.73 Å². The minimum Gasteiger partial charge on any atom is -0.478 e. The van der Waals surface area contributed by atoms with Gasteiger partial charge >= 0.3 is 5.97 Å². The molecule has 0 saturated carbocycles. The molecule has 6 heteroatoms. The highest BCUT2D eigenvalue weighted by Crippen LogP contribution is 2.32. The fourth-order valence-corrected chi connectivity index (χ4v) is 2.53. The lowest BCUT2D eigenvalue weighted by molar-refractivity contribution is -0.131. The first-order valence-electron chi connectivity index (χ1n) is 5.40. The van der Waals surface area contributed by atoms with Gasteiger partial charge < -0.3 is 15.6 Å². The minimum atomic E-state index is -0.946. The van der Waals surface area contributed by atoms with Gasteiger partial charge in [0.1, 0.15) is 0 Å². The molecule has 2 heterocycles. The molecule has 1 aromatic rings. The smallest absolute Gasteiger partial charge is 0.328 e. The minimum absolute atomic E-state index is 0.196.